The van der Waals surface area contributed by atoms with Crippen LogP contribution in [0.1, 0.15) is 0 Å². The number of aromatic nitrogens is 2. The molecule has 0 spiro atoms. The van der Waals surface area contributed by atoms with E-state index >= 15 is 0 Å². The molecule has 1 aromatic carbocycles. The number of nitrogen functional groups attached to an aromatic ring is 1. The van der Waals surface area contributed by atoms with Crippen LogP contribution in [-0.2, 0) is 7.05 Å². The van der Waals surface area contributed by atoms with Crippen molar-refractivity contribution in [1.29, 1.82) is 0 Å². The van der Waals surface area contributed by atoms with Crippen molar-refractivity contribution < 1.29 is 4.39 Å². The molecule has 0 bridgehead atoms. The molecule has 0 fully saturated rings. The average Bonchev–Trinajstić information content (AvgIpc) is 2.57. The third kappa shape index (κ3) is 1.35. The number of rotatable bonds is 1. The number of anilines is 1. The normalized spacial score (nSPS) is 10.4. The zero-order chi connectivity index (χ0) is 10.1. The molecule has 0 radical (unpaired) electrons. The summed E-state index contributed by atoms with van der Waals surface area (Å²) in [4.78, 5) is 4.14. The minimum absolute atomic E-state index is 0.144. The second-order valence-corrected chi connectivity index (χ2v) is 3.10. The first-order valence-electron chi connectivity index (χ1n) is 4.21. The van der Waals surface area contributed by atoms with Crippen molar-refractivity contribution in [1.82, 2.24) is 9.55 Å². The van der Waals surface area contributed by atoms with E-state index in [1.807, 2.05) is 17.8 Å². The highest BCUT2D eigenvalue weighted by Crippen LogP contribution is 2.21. The van der Waals surface area contributed by atoms with Crippen molar-refractivity contribution >= 4 is 5.69 Å². The Morgan fingerprint density at radius 2 is 2.21 bits per heavy atom. The molecule has 0 aliphatic carbocycles. The molecule has 14 heavy (non-hydrogen) atoms. The van der Waals surface area contributed by atoms with Gasteiger partial charge in [-0.3, -0.25) is 0 Å². The van der Waals surface area contributed by atoms with Gasteiger partial charge in [-0.2, -0.15) is 0 Å². The third-order valence-corrected chi connectivity index (χ3v) is 2.08. The molecule has 0 atom stereocenters. The van der Waals surface area contributed by atoms with Crippen molar-refractivity contribution in [3.8, 4) is 11.4 Å². The zero-order valence-corrected chi connectivity index (χ0v) is 7.74. The van der Waals surface area contributed by atoms with Gasteiger partial charge in [0.05, 0.1) is 5.69 Å². The fourth-order valence-electron chi connectivity index (χ4n) is 1.33. The SMILES string of the molecule is Cn1ccnc1-c1ccc(F)c(N)c1. The van der Waals surface area contributed by atoms with E-state index in [-0.39, 0.29) is 5.69 Å². The van der Waals surface area contributed by atoms with Gasteiger partial charge in [0.1, 0.15) is 11.6 Å². The molecular weight excluding hydrogens is 181 g/mol. The summed E-state index contributed by atoms with van der Waals surface area (Å²) in [5.41, 5.74) is 6.42. The number of imidazole rings is 1. The fraction of sp³-hybridized carbons (Fsp3) is 0.100. The number of halogens is 1. The van der Waals surface area contributed by atoms with Crippen LogP contribution < -0.4 is 5.73 Å². The number of aryl methyl sites for hydroxylation is 1. The molecule has 0 aliphatic heterocycles. The maximum atomic E-state index is 12.9. The van der Waals surface area contributed by atoms with E-state index in [4.69, 9.17) is 5.73 Å². The highest BCUT2D eigenvalue weighted by Gasteiger charge is 2.05. The first kappa shape index (κ1) is 8.74. The van der Waals surface area contributed by atoms with Gasteiger partial charge < -0.3 is 10.3 Å². The summed E-state index contributed by atoms with van der Waals surface area (Å²) in [6.45, 7) is 0. The van der Waals surface area contributed by atoms with Crippen LogP contribution in [0.2, 0.25) is 0 Å². The average molecular weight is 191 g/mol. The lowest BCUT2D eigenvalue weighted by Gasteiger charge is -2.03. The summed E-state index contributed by atoms with van der Waals surface area (Å²) >= 11 is 0. The number of hydrogen-bond donors (Lipinski definition) is 1. The lowest BCUT2D eigenvalue weighted by atomic mass is 10.2. The fourth-order valence-corrected chi connectivity index (χ4v) is 1.33. The maximum Gasteiger partial charge on any atom is 0.146 e. The molecule has 4 heteroatoms. The lowest BCUT2D eigenvalue weighted by molar-refractivity contribution is 0.632. The second kappa shape index (κ2) is 3.14. The first-order valence-corrected chi connectivity index (χ1v) is 4.21. The highest BCUT2D eigenvalue weighted by molar-refractivity contribution is 5.61. The van der Waals surface area contributed by atoms with Gasteiger partial charge in [-0.15, -0.1) is 0 Å². The number of nitrogens with zero attached hydrogens (tertiary/aromatic N) is 2. The van der Waals surface area contributed by atoms with Crippen LogP contribution in [0.5, 0.6) is 0 Å². The van der Waals surface area contributed by atoms with Crippen molar-refractivity contribution in [3.05, 3.63) is 36.4 Å². The van der Waals surface area contributed by atoms with Gasteiger partial charge >= 0.3 is 0 Å². The molecular formula is C10H10FN3. The van der Waals surface area contributed by atoms with Gasteiger partial charge in [0, 0.05) is 25.0 Å². The Kier molecular flexibility index (Phi) is 1.96. The van der Waals surface area contributed by atoms with E-state index < -0.39 is 5.82 Å². The standard InChI is InChI=1S/C10H10FN3/c1-14-5-4-13-10(14)7-2-3-8(11)9(12)6-7/h2-6H,12H2,1H3. The molecule has 0 saturated heterocycles. The quantitative estimate of drug-likeness (QED) is 0.698. The Balaban J connectivity index is 2.53. The maximum absolute atomic E-state index is 12.9. The molecule has 0 amide bonds. The van der Waals surface area contributed by atoms with Crippen LogP contribution in [0.4, 0.5) is 10.1 Å². The topological polar surface area (TPSA) is 43.8 Å². The van der Waals surface area contributed by atoms with Crippen molar-refractivity contribution in [2.24, 2.45) is 7.05 Å². The number of hydrogen-bond acceptors (Lipinski definition) is 2. The Morgan fingerprint density at radius 3 is 2.79 bits per heavy atom. The van der Waals surface area contributed by atoms with Crippen LogP contribution in [0.3, 0.4) is 0 Å². The minimum Gasteiger partial charge on any atom is -0.396 e. The summed E-state index contributed by atoms with van der Waals surface area (Å²) < 4.78 is 14.7. The van der Waals surface area contributed by atoms with Gasteiger partial charge in [0.15, 0.2) is 0 Å². The molecule has 0 unspecified atom stereocenters. The van der Waals surface area contributed by atoms with Gasteiger partial charge in [0.25, 0.3) is 0 Å². The molecule has 2 aromatic rings. The van der Waals surface area contributed by atoms with E-state index in [0.717, 1.165) is 11.4 Å². The molecule has 1 aromatic heterocycles. The van der Waals surface area contributed by atoms with Crippen LogP contribution in [0.15, 0.2) is 30.6 Å². The summed E-state index contributed by atoms with van der Waals surface area (Å²) in [5, 5.41) is 0. The van der Waals surface area contributed by atoms with Crippen molar-refractivity contribution in [2.45, 2.75) is 0 Å². The molecule has 1 heterocycles. The van der Waals surface area contributed by atoms with Gasteiger partial charge in [0.2, 0.25) is 0 Å². The molecule has 2 N–H and O–H groups in total. The predicted octanol–water partition coefficient (Wildman–Crippen LogP) is 1.81. The van der Waals surface area contributed by atoms with Crippen molar-refractivity contribution in [2.75, 3.05) is 5.73 Å². The van der Waals surface area contributed by atoms with E-state index in [1.165, 1.54) is 6.07 Å². The molecule has 2 rings (SSSR count). The Morgan fingerprint density at radius 1 is 1.43 bits per heavy atom. The Hall–Kier alpha value is -1.84. The molecule has 0 saturated carbocycles. The highest BCUT2D eigenvalue weighted by atomic mass is 19.1. The van der Waals surface area contributed by atoms with E-state index in [0.29, 0.717) is 0 Å². The van der Waals surface area contributed by atoms with Gasteiger partial charge in [-0.25, -0.2) is 9.37 Å². The molecule has 0 aliphatic rings. The smallest absolute Gasteiger partial charge is 0.146 e. The van der Waals surface area contributed by atoms with E-state index in [9.17, 15) is 4.39 Å². The predicted molar refractivity (Wildman–Crippen MR) is 53.0 cm³/mol. The van der Waals surface area contributed by atoms with Crippen LogP contribution >= 0.6 is 0 Å². The van der Waals surface area contributed by atoms with Crippen LogP contribution in [0.25, 0.3) is 11.4 Å². The Labute approximate surface area is 81.0 Å². The molecule has 3 nitrogen and oxygen atoms in total. The van der Waals surface area contributed by atoms with Crippen LogP contribution in [-0.4, -0.2) is 9.55 Å². The second-order valence-electron chi connectivity index (χ2n) is 3.10. The zero-order valence-electron chi connectivity index (χ0n) is 7.74. The van der Waals surface area contributed by atoms with Gasteiger partial charge in [-0.05, 0) is 18.2 Å². The summed E-state index contributed by atoms with van der Waals surface area (Å²) in [5.74, 6) is 0.375. The van der Waals surface area contributed by atoms with Crippen LogP contribution in [0, 0.1) is 5.82 Å². The first-order chi connectivity index (χ1) is 6.68. The summed E-state index contributed by atoms with van der Waals surface area (Å²) in [7, 11) is 1.88. The summed E-state index contributed by atoms with van der Waals surface area (Å²) in [6.07, 6.45) is 3.52. The largest absolute Gasteiger partial charge is 0.396 e. The number of benzene rings is 1. The van der Waals surface area contributed by atoms with E-state index in [1.54, 1.807) is 18.3 Å². The lowest BCUT2D eigenvalue weighted by Crippen LogP contribution is -1.94. The number of nitrogens with two attached hydrogens (primary N) is 1. The molecule has 72 valence electrons. The van der Waals surface area contributed by atoms with E-state index in [2.05, 4.69) is 4.98 Å². The van der Waals surface area contributed by atoms with Gasteiger partial charge in [-0.1, -0.05) is 0 Å². The minimum atomic E-state index is -0.400. The Bertz CT molecular complexity index is 462. The monoisotopic (exact) mass is 191 g/mol. The summed E-state index contributed by atoms with van der Waals surface area (Å²) in [6, 6.07) is 4.59. The third-order valence-electron chi connectivity index (χ3n) is 2.08. The van der Waals surface area contributed by atoms with Crippen molar-refractivity contribution in [3.63, 3.8) is 0 Å².